The van der Waals surface area contributed by atoms with Crippen molar-refractivity contribution in [2.24, 2.45) is 0 Å². The van der Waals surface area contributed by atoms with Crippen LogP contribution in [0.2, 0.25) is 0 Å². The van der Waals surface area contributed by atoms with Gasteiger partial charge in [-0.15, -0.1) is 0 Å². The number of pyridine rings is 1. The Kier molecular flexibility index (Phi) is 4.78. The zero-order valence-corrected chi connectivity index (χ0v) is 15.2. The molecule has 29 heavy (non-hydrogen) atoms. The molecule has 7 heteroatoms. The van der Waals surface area contributed by atoms with Crippen molar-refractivity contribution in [2.45, 2.75) is 6.54 Å². The number of hydrogen-bond acceptors (Lipinski definition) is 3. The number of halogens is 1. The predicted octanol–water partition coefficient (Wildman–Crippen LogP) is 4.17. The van der Waals surface area contributed by atoms with Gasteiger partial charge in [-0.2, -0.15) is 0 Å². The number of nitrogens with one attached hydrogen (secondary N) is 1. The number of carboxylic acids is 1. The molecule has 2 N–H and O–H groups in total. The van der Waals surface area contributed by atoms with E-state index in [9.17, 15) is 19.1 Å². The van der Waals surface area contributed by atoms with Crippen molar-refractivity contribution in [2.75, 3.05) is 5.32 Å². The summed E-state index contributed by atoms with van der Waals surface area (Å²) < 4.78 is 15.6. The summed E-state index contributed by atoms with van der Waals surface area (Å²) in [5.74, 6) is -2.03. The molecule has 0 aliphatic heterocycles. The average Bonchev–Trinajstić information content (AvgIpc) is 3.06. The second-order valence-corrected chi connectivity index (χ2v) is 6.46. The van der Waals surface area contributed by atoms with Gasteiger partial charge in [0.15, 0.2) is 0 Å². The summed E-state index contributed by atoms with van der Waals surface area (Å²) in [6.45, 7) is 0.361. The Balaban J connectivity index is 1.74. The van der Waals surface area contributed by atoms with Gasteiger partial charge in [-0.25, -0.2) is 9.18 Å². The van der Waals surface area contributed by atoms with Crippen LogP contribution in [0.25, 0.3) is 10.9 Å². The highest BCUT2D eigenvalue weighted by atomic mass is 19.1. The number of carboxylic acid groups (broad SMARTS) is 1. The summed E-state index contributed by atoms with van der Waals surface area (Å²) >= 11 is 0. The number of amides is 1. The molecule has 144 valence electrons. The van der Waals surface area contributed by atoms with Gasteiger partial charge in [-0.05, 0) is 42.5 Å². The third-order valence-corrected chi connectivity index (χ3v) is 4.55. The van der Waals surface area contributed by atoms with Crippen molar-refractivity contribution < 1.29 is 19.1 Å². The molecule has 4 aromatic rings. The van der Waals surface area contributed by atoms with E-state index in [4.69, 9.17) is 0 Å². The average molecular weight is 389 g/mol. The Morgan fingerprint density at radius 1 is 1.03 bits per heavy atom. The molecule has 2 aromatic heterocycles. The summed E-state index contributed by atoms with van der Waals surface area (Å²) in [5, 5.41) is 12.5. The van der Waals surface area contributed by atoms with Gasteiger partial charge in [0.25, 0.3) is 5.91 Å². The predicted molar refractivity (Wildman–Crippen MR) is 107 cm³/mol. The molecule has 0 bridgehead atoms. The maximum absolute atomic E-state index is 13.9. The molecule has 0 saturated carbocycles. The first-order valence-corrected chi connectivity index (χ1v) is 8.85. The molecule has 2 aromatic carbocycles. The van der Waals surface area contributed by atoms with Gasteiger partial charge in [-0.1, -0.05) is 18.2 Å². The molecule has 0 aliphatic carbocycles. The molecule has 0 saturated heterocycles. The van der Waals surface area contributed by atoms with E-state index in [1.165, 1.54) is 30.3 Å². The lowest BCUT2D eigenvalue weighted by Gasteiger charge is -2.07. The van der Waals surface area contributed by atoms with Gasteiger partial charge in [0, 0.05) is 17.8 Å². The van der Waals surface area contributed by atoms with Gasteiger partial charge in [0.2, 0.25) is 0 Å². The van der Waals surface area contributed by atoms with E-state index in [2.05, 4.69) is 10.3 Å². The lowest BCUT2D eigenvalue weighted by molar-refractivity contribution is 0.0698. The third-order valence-electron chi connectivity index (χ3n) is 4.55. The summed E-state index contributed by atoms with van der Waals surface area (Å²) in [4.78, 5) is 28.6. The monoisotopic (exact) mass is 389 g/mol. The fourth-order valence-corrected chi connectivity index (χ4v) is 3.21. The quantitative estimate of drug-likeness (QED) is 0.536. The number of anilines is 1. The zero-order chi connectivity index (χ0) is 20.4. The van der Waals surface area contributed by atoms with Crippen molar-refractivity contribution in [3.8, 4) is 0 Å². The second-order valence-electron chi connectivity index (χ2n) is 6.46. The molecule has 0 aliphatic rings. The highest BCUT2D eigenvalue weighted by molar-refractivity contribution is 6.14. The van der Waals surface area contributed by atoms with Crippen molar-refractivity contribution in [3.63, 3.8) is 0 Å². The highest BCUT2D eigenvalue weighted by Gasteiger charge is 2.18. The number of carbonyl (C=O) groups is 2. The Labute approximate surface area is 165 Å². The normalized spacial score (nSPS) is 10.8. The molecule has 0 atom stereocenters. The molecule has 2 heterocycles. The van der Waals surface area contributed by atoms with Crippen LogP contribution < -0.4 is 5.32 Å². The third kappa shape index (κ3) is 3.70. The topological polar surface area (TPSA) is 84.2 Å². The van der Waals surface area contributed by atoms with E-state index in [0.717, 1.165) is 5.69 Å². The van der Waals surface area contributed by atoms with Crippen LogP contribution in [0.15, 0.2) is 73.1 Å². The van der Waals surface area contributed by atoms with Gasteiger partial charge < -0.3 is 15.0 Å². The first-order chi connectivity index (χ1) is 14.0. The minimum absolute atomic E-state index is 0.0101. The minimum Gasteiger partial charge on any atom is -0.478 e. The minimum atomic E-state index is -1.14. The second kappa shape index (κ2) is 7.55. The van der Waals surface area contributed by atoms with E-state index in [-0.39, 0.29) is 11.3 Å². The van der Waals surface area contributed by atoms with Crippen LogP contribution in [0.4, 0.5) is 10.1 Å². The number of carbonyl (C=O) groups excluding carboxylic acids is 1. The lowest BCUT2D eigenvalue weighted by Crippen LogP contribution is -2.14. The number of aromatic nitrogens is 2. The molecular formula is C22H16FN3O3. The molecule has 0 unspecified atom stereocenters. The van der Waals surface area contributed by atoms with Gasteiger partial charge >= 0.3 is 5.97 Å². The van der Waals surface area contributed by atoms with Crippen molar-refractivity contribution in [1.29, 1.82) is 0 Å². The molecular weight excluding hydrogens is 373 g/mol. The molecule has 1 amide bonds. The fraction of sp³-hybridized carbons (Fsp3) is 0.0455. The SMILES string of the molecule is O=C(O)c1ccccc1NC(=O)c1cn(Cc2ccccn2)c2cc(F)ccc12. The van der Waals surface area contributed by atoms with Crippen LogP contribution in [-0.4, -0.2) is 26.5 Å². The first-order valence-electron chi connectivity index (χ1n) is 8.85. The van der Waals surface area contributed by atoms with Crippen LogP contribution in [0.3, 0.4) is 0 Å². The fourth-order valence-electron chi connectivity index (χ4n) is 3.21. The van der Waals surface area contributed by atoms with Crippen LogP contribution >= 0.6 is 0 Å². The van der Waals surface area contributed by atoms with E-state index in [1.807, 2.05) is 12.1 Å². The summed E-state index contributed by atoms with van der Waals surface area (Å²) in [6.07, 6.45) is 3.29. The summed E-state index contributed by atoms with van der Waals surface area (Å²) in [7, 11) is 0. The molecule has 0 radical (unpaired) electrons. The number of hydrogen-bond donors (Lipinski definition) is 2. The van der Waals surface area contributed by atoms with Crippen LogP contribution in [-0.2, 0) is 6.54 Å². The summed E-state index contributed by atoms with van der Waals surface area (Å²) in [5.41, 5.74) is 1.81. The smallest absolute Gasteiger partial charge is 0.337 e. The molecule has 6 nitrogen and oxygen atoms in total. The van der Waals surface area contributed by atoms with Gasteiger partial charge in [0.1, 0.15) is 5.82 Å². The first kappa shape index (κ1) is 18.4. The Morgan fingerprint density at radius 3 is 2.59 bits per heavy atom. The maximum Gasteiger partial charge on any atom is 0.337 e. The molecule has 0 spiro atoms. The Bertz CT molecular complexity index is 1220. The number of rotatable bonds is 5. The van der Waals surface area contributed by atoms with Crippen LogP contribution in [0, 0.1) is 5.82 Å². The molecule has 4 rings (SSSR count). The lowest BCUT2D eigenvalue weighted by atomic mass is 10.1. The van der Waals surface area contributed by atoms with E-state index in [0.29, 0.717) is 23.0 Å². The van der Waals surface area contributed by atoms with E-state index >= 15 is 0 Å². The van der Waals surface area contributed by atoms with Crippen LogP contribution in [0.5, 0.6) is 0 Å². The number of aromatic carboxylic acids is 1. The maximum atomic E-state index is 13.9. The zero-order valence-electron chi connectivity index (χ0n) is 15.2. The standard InChI is InChI=1S/C22H16FN3O3/c23-14-8-9-16-18(21(27)25-19-7-2-1-6-17(19)22(28)29)13-26(20(16)11-14)12-15-5-3-4-10-24-15/h1-11,13H,12H2,(H,25,27)(H,28,29). The Hall–Kier alpha value is -4.00. The Morgan fingerprint density at radius 2 is 1.83 bits per heavy atom. The van der Waals surface area contributed by atoms with Crippen molar-refractivity contribution >= 4 is 28.5 Å². The number of fused-ring (bicyclic) bond motifs is 1. The van der Waals surface area contributed by atoms with Gasteiger partial charge in [0.05, 0.1) is 34.6 Å². The molecule has 0 fully saturated rings. The number of nitrogens with zero attached hydrogens (tertiary/aromatic N) is 2. The largest absolute Gasteiger partial charge is 0.478 e. The highest BCUT2D eigenvalue weighted by Crippen LogP contribution is 2.25. The van der Waals surface area contributed by atoms with Crippen molar-refractivity contribution in [1.82, 2.24) is 9.55 Å². The van der Waals surface area contributed by atoms with Crippen LogP contribution in [0.1, 0.15) is 26.4 Å². The van der Waals surface area contributed by atoms with E-state index < -0.39 is 17.7 Å². The van der Waals surface area contributed by atoms with Crippen molar-refractivity contribution in [3.05, 3.63) is 95.7 Å². The summed E-state index contributed by atoms with van der Waals surface area (Å²) in [6, 6.07) is 15.8. The number of benzene rings is 2. The number of para-hydroxylation sites is 1. The van der Waals surface area contributed by atoms with Gasteiger partial charge in [-0.3, -0.25) is 9.78 Å². The van der Waals surface area contributed by atoms with E-state index in [1.54, 1.807) is 35.2 Å².